The molecule has 0 aromatic rings. The molecule has 1 rings (SSSR count). The first kappa shape index (κ1) is 13.3. The van der Waals surface area contributed by atoms with Crippen LogP contribution in [0.2, 0.25) is 0 Å². The van der Waals surface area contributed by atoms with Crippen LogP contribution in [0.15, 0.2) is 11.1 Å². The van der Waals surface area contributed by atoms with Crippen LogP contribution in [0.5, 0.6) is 0 Å². The van der Waals surface area contributed by atoms with Crippen LogP contribution in [0.4, 0.5) is 0 Å². The van der Waals surface area contributed by atoms with Gasteiger partial charge in [0.25, 0.3) is 0 Å². The summed E-state index contributed by atoms with van der Waals surface area (Å²) in [5.41, 5.74) is 1.89. The van der Waals surface area contributed by atoms with E-state index in [9.17, 15) is 9.90 Å². The minimum Gasteiger partial charge on any atom is -0.478 e. The Morgan fingerprint density at radius 3 is 2.19 bits per heavy atom. The highest BCUT2D eigenvalue weighted by Crippen LogP contribution is 2.44. The lowest BCUT2D eigenvalue weighted by Crippen LogP contribution is -2.30. The van der Waals surface area contributed by atoms with Crippen molar-refractivity contribution in [2.45, 2.75) is 53.9 Å². The van der Waals surface area contributed by atoms with Gasteiger partial charge < -0.3 is 5.11 Å². The number of carboxylic acids is 1. The van der Waals surface area contributed by atoms with Crippen LogP contribution in [0, 0.1) is 17.3 Å². The molecule has 0 aromatic heterocycles. The van der Waals surface area contributed by atoms with E-state index in [4.69, 9.17) is 0 Å². The van der Waals surface area contributed by atoms with Crippen molar-refractivity contribution >= 4 is 5.97 Å². The average molecular weight is 224 g/mol. The number of rotatable bonds is 2. The van der Waals surface area contributed by atoms with E-state index in [1.54, 1.807) is 0 Å². The maximum atomic E-state index is 11.3. The van der Waals surface area contributed by atoms with E-state index in [1.807, 2.05) is 13.8 Å². The van der Waals surface area contributed by atoms with Gasteiger partial charge in [0.1, 0.15) is 0 Å². The van der Waals surface area contributed by atoms with Gasteiger partial charge in [0, 0.05) is 5.57 Å². The van der Waals surface area contributed by atoms with E-state index in [-0.39, 0.29) is 11.3 Å². The van der Waals surface area contributed by atoms with Crippen LogP contribution in [0.3, 0.4) is 0 Å². The Morgan fingerprint density at radius 2 is 1.81 bits per heavy atom. The lowest BCUT2D eigenvalue weighted by Gasteiger charge is -2.39. The van der Waals surface area contributed by atoms with Crippen molar-refractivity contribution < 1.29 is 9.90 Å². The van der Waals surface area contributed by atoms with Gasteiger partial charge in [0.2, 0.25) is 0 Å². The SMILES string of the molecule is CC(C)=C(C(=O)O)C1CC(C)CC(C)(C)C1. The second-order valence-electron chi connectivity index (χ2n) is 6.33. The summed E-state index contributed by atoms with van der Waals surface area (Å²) in [6.45, 7) is 10.6. The third-order valence-corrected chi connectivity index (χ3v) is 3.56. The first-order valence-electron chi connectivity index (χ1n) is 6.13. The number of allylic oxidation sites excluding steroid dienone is 1. The van der Waals surface area contributed by atoms with E-state index >= 15 is 0 Å². The highest BCUT2D eigenvalue weighted by atomic mass is 16.4. The van der Waals surface area contributed by atoms with Crippen LogP contribution in [-0.2, 0) is 4.79 Å². The van der Waals surface area contributed by atoms with E-state index in [0.29, 0.717) is 11.5 Å². The molecule has 92 valence electrons. The van der Waals surface area contributed by atoms with Crippen molar-refractivity contribution in [3.63, 3.8) is 0 Å². The van der Waals surface area contributed by atoms with Gasteiger partial charge in [0.05, 0.1) is 0 Å². The second-order valence-corrected chi connectivity index (χ2v) is 6.33. The Labute approximate surface area is 98.7 Å². The maximum Gasteiger partial charge on any atom is 0.331 e. The Hall–Kier alpha value is -0.790. The van der Waals surface area contributed by atoms with Crippen molar-refractivity contribution in [2.24, 2.45) is 17.3 Å². The Balaban J connectivity index is 2.95. The lowest BCUT2D eigenvalue weighted by molar-refractivity contribution is -0.133. The van der Waals surface area contributed by atoms with Crippen LogP contribution < -0.4 is 0 Å². The average Bonchev–Trinajstić information content (AvgIpc) is 1.96. The molecular weight excluding hydrogens is 200 g/mol. The zero-order valence-electron chi connectivity index (χ0n) is 11.1. The Kier molecular flexibility index (Phi) is 3.82. The molecule has 0 aliphatic heterocycles. The predicted octanol–water partition coefficient (Wildman–Crippen LogP) is 3.87. The van der Waals surface area contributed by atoms with Gasteiger partial charge in [-0.25, -0.2) is 4.79 Å². The number of carboxylic acid groups (broad SMARTS) is 1. The fourth-order valence-corrected chi connectivity index (χ4v) is 3.36. The molecule has 1 fully saturated rings. The smallest absolute Gasteiger partial charge is 0.331 e. The van der Waals surface area contributed by atoms with E-state index in [0.717, 1.165) is 18.4 Å². The van der Waals surface area contributed by atoms with Crippen LogP contribution in [-0.4, -0.2) is 11.1 Å². The molecule has 16 heavy (non-hydrogen) atoms. The largest absolute Gasteiger partial charge is 0.478 e. The monoisotopic (exact) mass is 224 g/mol. The van der Waals surface area contributed by atoms with Gasteiger partial charge >= 0.3 is 5.97 Å². The molecule has 2 heteroatoms. The van der Waals surface area contributed by atoms with Crippen molar-refractivity contribution in [1.82, 2.24) is 0 Å². The zero-order chi connectivity index (χ0) is 12.5. The van der Waals surface area contributed by atoms with Crippen LogP contribution in [0.25, 0.3) is 0 Å². The third kappa shape index (κ3) is 3.10. The van der Waals surface area contributed by atoms with Gasteiger partial charge in [-0.2, -0.15) is 0 Å². The Morgan fingerprint density at radius 1 is 1.25 bits per heavy atom. The fourth-order valence-electron chi connectivity index (χ4n) is 3.36. The summed E-state index contributed by atoms with van der Waals surface area (Å²) in [6.07, 6.45) is 3.24. The van der Waals surface area contributed by atoms with Crippen molar-refractivity contribution in [3.05, 3.63) is 11.1 Å². The molecule has 2 unspecified atom stereocenters. The molecule has 1 N–H and O–H groups in total. The molecule has 0 heterocycles. The minimum absolute atomic E-state index is 0.237. The van der Waals surface area contributed by atoms with Crippen molar-refractivity contribution in [2.75, 3.05) is 0 Å². The van der Waals surface area contributed by atoms with Crippen LogP contribution >= 0.6 is 0 Å². The van der Waals surface area contributed by atoms with E-state index < -0.39 is 5.97 Å². The maximum absolute atomic E-state index is 11.3. The summed E-state index contributed by atoms with van der Waals surface area (Å²) in [5, 5.41) is 9.29. The van der Waals surface area contributed by atoms with Gasteiger partial charge in [-0.15, -0.1) is 0 Å². The molecule has 1 aliphatic carbocycles. The second kappa shape index (κ2) is 4.60. The highest BCUT2D eigenvalue weighted by Gasteiger charge is 2.35. The number of aliphatic carboxylic acids is 1. The number of hydrogen-bond donors (Lipinski definition) is 1. The standard InChI is InChI=1S/C14H24O2/c1-9(2)12(13(15)16)11-6-10(3)7-14(4,5)8-11/h10-11H,6-8H2,1-5H3,(H,15,16). The molecule has 1 saturated carbocycles. The molecule has 0 saturated heterocycles. The van der Waals surface area contributed by atoms with Gasteiger partial charge in [-0.1, -0.05) is 26.3 Å². The van der Waals surface area contributed by atoms with Crippen molar-refractivity contribution in [1.29, 1.82) is 0 Å². The summed E-state index contributed by atoms with van der Waals surface area (Å²) in [7, 11) is 0. The quantitative estimate of drug-likeness (QED) is 0.723. The number of hydrogen-bond acceptors (Lipinski definition) is 1. The summed E-state index contributed by atoms with van der Waals surface area (Å²) in [6, 6.07) is 0. The Bertz CT molecular complexity index is 309. The van der Waals surface area contributed by atoms with Gasteiger partial charge in [-0.3, -0.25) is 0 Å². The van der Waals surface area contributed by atoms with Gasteiger partial charge in [-0.05, 0) is 50.4 Å². The summed E-state index contributed by atoms with van der Waals surface area (Å²) in [4.78, 5) is 11.3. The lowest BCUT2D eigenvalue weighted by atomic mass is 9.65. The molecule has 0 bridgehead atoms. The summed E-state index contributed by atoms with van der Waals surface area (Å²) in [5.74, 6) is 0.138. The molecule has 2 atom stereocenters. The third-order valence-electron chi connectivity index (χ3n) is 3.56. The molecule has 0 radical (unpaired) electrons. The molecule has 0 amide bonds. The topological polar surface area (TPSA) is 37.3 Å². The molecule has 0 spiro atoms. The fraction of sp³-hybridized carbons (Fsp3) is 0.786. The van der Waals surface area contributed by atoms with Crippen molar-refractivity contribution in [3.8, 4) is 0 Å². The summed E-state index contributed by atoms with van der Waals surface area (Å²) < 4.78 is 0. The molecule has 1 aliphatic rings. The first-order valence-corrected chi connectivity index (χ1v) is 6.13. The normalized spacial score (nSPS) is 28.6. The van der Waals surface area contributed by atoms with E-state index in [1.165, 1.54) is 6.42 Å². The number of carbonyl (C=O) groups is 1. The minimum atomic E-state index is -0.727. The molecule has 0 aromatic carbocycles. The molecule has 2 nitrogen and oxygen atoms in total. The molecular formula is C14H24O2. The first-order chi connectivity index (χ1) is 7.23. The highest BCUT2D eigenvalue weighted by molar-refractivity contribution is 5.88. The summed E-state index contributed by atoms with van der Waals surface area (Å²) >= 11 is 0. The van der Waals surface area contributed by atoms with Gasteiger partial charge in [0.15, 0.2) is 0 Å². The van der Waals surface area contributed by atoms with E-state index in [2.05, 4.69) is 20.8 Å². The predicted molar refractivity (Wildman–Crippen MR) is 66.3 cm³/mol. The van der Waals surface area contributed by atoms with Crippen LogP contribution in [0.1, 0.15) is 53.9 Å². The zero-order valence-corrected chi connectivity index (χ0v) is 11.1.